The van der Waals surface area contributed by atoms with E-state index in [1.54, 1.807) is 0 Å². The van der Waals surface area contributed by atoms with Gasteiger partial charge in [-0.25, -0.2) is 13.2 Å². The maximum atomic E-state index is 12.1. The Labute approximate surface area is 137 Å². The second kappa shape index (κ2) is 6.67. The van der Waals surface area contributed by atoms with E-state index >= 15 is 0 Å². The second-order valence-corrected chi connectivity index (χ2v) is 8.76. The number of benzene rings is 1. The third-order valence-corrected chi connectivity index (χ3v) is 5.98. The fourth-order valence-corrected chi connectivity index (χ4v) is 4.50. The van der Waals surface area contributed by atoms with E-state index in [0.717, 1.165) is 25.7 Å². The van der Waals surface area contributed by atoms with Gasteiger partial charge in [0.05, 0.1) is 10.5 Å². The van der Waals surface area contributed by atoms with Gasteiger partial charge in [-0.05, 0) is 65.7 Å². The maximum absolute atomic E-state index is 12.1. The highest BCUT2D eigenvalue weighted by atomic mass is 79.9. The van der Waals surface area contributed by atoms with Crippen LogP contribution in [0, 0.1) is 5.92 Å². The Hall–Kier alpha value is -0.590. The van der Waals surface area contributed by atoms with Crippen molar-refractivity contribution in [2.45, 2.75) is 43.6 Å². The molecule has 0 aliphatic heterocycles. The number of ether oxygens (including phenoxy) is 1. The van der Waals surface area contributed by atoms with Gasteiger partial charge in [-0.3, -0.25) is 0 Å². The summed E-state index contributed by atoms with van der Waals surface area (Å²) in [5.41, 5.74) is 0.191. The number of hydrogen-bond donors (Lipinski definition) is 0. The van der Waals surface area contributed by atoms with Crippen molar-refractivity contribution in [1.82, 2.24) is 0 Å². The summed E-state index contributed by atoms with van der Waals surface area (Å²) >= 11 is 3.10. The van der Waals surface area contributed by atoms with Crippen LogP contribution < -0.4 is 0 Å². The molecule has 7 heteroatoms. The van der Waals surface area contributed by atoms with Crippen LogP contribution in [0.4, 0.5) is 0 Å². The zero-order valence-electron chi connectivity index (χ0n) is 11.5. The molecule has 21 heavy (non-hydrogen) atoms. The van der Waals surface area contributed by atoms with Crippen LogP contribution in [0.2, 0.25) is 0 Å². The van der Waals surface area contributed by atoms with Gasteiger partial charge >= 0.3 is 5.97 Å². The van der Waals surface area contributed by atoms with Gasteiger partial charge in [0.15, 0.2) is 0 Å². The average molecular weight is 396 g/mol. The zero-order valence-corrected chi connectivity index (χ0v) is 14.7. The van der Waals surface area contributed by atoms with E-state index in [1.807, 2.05) is 0 Å². The van der Waals surface area contributed by atoms with E-state index in [1.165, 1.54) is 18.2 Å². The van der Waals surface area contributed by atoms with Crippen molar-refractivity contribution in [3.8, 4) is 0 Å². The molecule has 0 amide bonds. The van der Waals surface area contributed by atoms with Crippen LogP contribution in [0.15, 0.2) is 27.6 Å². The van der Waals surface area contributed by atoms with E-state index in [-0.39, 0.29) is 16.6 Å². The molecule has 1 aliphatic carbocycles. The van der Waals surface area contributed by atoms with E-state index in [2.05, 4.69) is 22.9 Å². The molecular formula is C14H16BrClO4S. The molecule has 4 nitrogen and oxygen atoms in total. The molecule has 0 aromatic heterocycles. The monoisotopic (exact) mass is 394 g/mol. The Morgan fingerprint density at radius 1 is 1.29 bits per heavy atom. The minimum Gasteiger partial charge on any atom is -0.459 e. The minimum absolute atomic E-state index is 0.0894. The van der Waals surface area contributed by atoms with Crippen LogP contribution in [0.5, 0.6) is 0 Å². The minimum atomic E-state index is -3.91. The van der Waals surface area contributed by atoms with Gasteiger partial charge in [-0.15, -0.1) is 0 Å². The van der Waals surface area contributed by atoms with Gasteiger partial charge in [-0.2, -0.15) is 0 Å². The number of halogens is 2. The summed E-state index contributed by atoms with van der Waals surface area (Å²) in [5, 5.41) is 0. The lowest BCUT2D eigenvalue weighted by Gasteiger charge is -2.26. The lowest BCUT2D eigenvalue weighted by Crippen LogP contribution is -2.23. The highest BCUT2D eigenvalue weighted by Crippen LogP contribution is 2.28. The highest BCUT2D eigenvalue weighted by molar-refractivity contribution is 9.10. The molecule has 116 valence electrons. The van der Waals surface area contributed by atoms with Crippen molar-refractivity contribution in [2.75, 3.05) is 0 Å². The first-order valence-electron chi connectivity index (χ1n) is 6.72. The van der Waals surface area contributed by atoms with Gasteiger partial charge in [0, 0.05) is 15.2 Å². The maximum Gasteiger partial charge on any atom is 0.338 e. The summed E-state index contributed by atoms with van der Waals surface area (Å²) in [6.07, 6.45) is 3.70. The number of esters is 1. The Bertz CT molecular complexity index is 636. The predicted molar refractivity (Wildman–Crippen MR) is 84.0 cm³/mol. The quantitative estimate of drug-likeness (QED) is 0.571. The molecule has 0 atom stereocenters. The largest absolute Gasteiger partial charge is 0.459 e. The number of hydrogen-bond acceptors (Lipinski definition) is 4. The first-order chi connectivity index (χ1) is 9.77. The first kappa shape index (κ1) is 16.8. The summed E-state index contributed by atoms with van der Waals surface area (Å²) in [4.78, 5) is 12.0. The van der Waals surface area contributed by atoms with Crippen molar-refractivity contribution >= 4 is 41.6 Å². The Balaban J connectivity index is 2.13. The van der Waals surface area contributed by atoms with Crippen LogP contribution in [-0.2, 0) is 13.8 Å². The van der Waals surface area contributed by atoms with Crippen molar-refractivity contribution in [3.05, 3.63) is 28.2 Å². The summed E-state index contributed by atoms with van der Waals surface area (Å²) in [6.45, 7) is 2.18. The van der Waals surface area contributed by atoms with Crippen molar-refractivity contribution in [3.63, 3.8) is 0 Å². The molecule has 0 saturated heterocycles. The Morgan fingerprint density at radius 2 is 1.90 bits per heavy atom. The standard InChI is InChI=1S/C14H16BrClO4S/c1-9-2-5-11(6-3-9)20-14(17)10-4-7-12(15)13(8-10)21(16,18)19/h4,7-9,11H,2-3,5-6H2,1H3. The van der Waals surface area contributed by atoms with Crippen molar-refractivity contribution < 1.29 is 17.9 Å². The smallest absolute Gasteiger partial charge is 0.338 e. The van der Waals surface area contributed by atoms with Crippen LogP contribution in [-0.4, -0.2) is 20.5 Å². The molecule has 0 unspecified atom stereocenters. The Morgan fingerprint density at radius 3 is 2.48 bits per heavy atom. The summed E-state index contributed by atoms with van der Waals surface area (Å²) in [7, 11) is 1.43. The number of carbonyl (C=O) groups excluding carboxylic acids is 1. The summed E-state index contributed by atoms with van der Waals surface area (Å²) in [5.74, 6) is 0.157. The van der Waals surface area contributed by atoms with Crippen molar-refractivity contribution in [2.24, 2.45) is 5.92 Å². The molecule has 1 aromatic carbocycles. The normalized spacial score (nSPS) is 22.8. The second-order valence-electron chi connectivity index (χ2n) is 5.37. The molecule has 0 radical (unpaired) electrons. The molecule has 0 heterocycles. The summed E-state index contributed by atoms with van der Waals surface area (Å²) < 4.78 is 28.6. The number of carbonyl (C=O) groups is 1. The van der Waals surface area contributed by atoms with Gasteiger partial charge in [0.25, 0.3) is 9.05 Å². The Kier molecular flexibility index (Phi) is 5.33. The zero-order chi connectivity index (χ0) is 15.6. The molecule has 1 aromatic rings. The van der Waals surface area contributed by atoms with Crippen LogP contribution in [0.25, 0.3) is 0 Å². The van der Waals surface area contributed by atoms with E-state index in [9.17, 15) is 13.2 Å². The van der Waals surface area contributed by atoms with Crippen LogP contribution >= 0.6 is 26.6 Å². The first-order valence-corrected chi connectivity index (χ1v) is 9.83. The molecule has 1 fully saturated rings. The van der Waals surface area contributed by atoms with Crippen LogP contribution in [0.3, 0.4) is 0 Å². The van der Waals surface area contributed by atoms with E-state index in [4.69, 9.17) is 15.4 Å². The van der Waals surface area contributed by atoms with Gasteiger partial charge in [-0.1, -0.05) is 6.92 Å². The molecule has 0 spiro atoms. The van der Waals surface area contributed by atoms with E-state index in [0.29, 0.717) is 10.4 Å². The van der Waals surface area contributed by atoms with Gasteiger partial charge in [0.1, 0.15) is 6.10 Å². The molecular weight excluding hydrogens is 380 g/mol. The molecule has 0 N–H and O–H groups in total. The van der Waals surface area contributed by atoms with Gasteiger partial charge in [0.2, 0.25) is 0 Å². The summed E-state index contributed by atoms with van der Waals surface area (Å²) in [6, 6.07) is 4.23. The molecule has 0 bridgehead atoms. The lowest BCUT2D eigenvalue weighted by molar-refractivity contribution is 0.0173. The molecule has 2 rings (SSSR count). The SMILES string of the molecule is CC1CCC(OC(=O)c2ccc(Br)c(S(=O)(=O)Cl)c2)CC1. The topological polar surface area (TPSA) is 60.4 Å². The van der Waals surface area contributed by atoms with Crippen molar-refractivity contribution in [1.29, 1.82) is 0 Å². The molecule has 1 saturated carbocycles. The fraction of sp³-hybridized carbons (Fsp3) is 0.500. The van der Waals surface area contributed by atoms with Gasteiger partial charge < -0.3 is 4.74 Å². The lowest BCUT2D eigenvalue weighted by atomic mass is 9.89. The number of rotatable bonds is 3. The van der Waals surface area contributed by atoms with E-state index < -0.39 is 15.0 Å². The molecule has 1 aliphatic rings. The fourth-order valence-electron chi connectivity index (χ4n) is 2.38. The average Bonchev–Trinajstić information content (AvgIpc) is 2.40. The third kappa shape index (κ3) is 4.44. The third-order valence-electron chi connectivity index (χ3n) is 3.67. The van der Waals surface area contributed by atoms with Crippen LogP contribution in [0.1, 0.15) is 43.0 Å². The highest BCUT2D eigenvalue weighted by Gasteiger charge is 2.23. The predicted octanol–water partition coefficient (Wildman–Crippen LogP) is 4.11.